The Labute approximate surface area is 119 Å². The van der Waals surface area contributed by atoms with Gasteiger partial charge < -0.3 is 10.2 Å². The number of carbonyl (C=O) groups is 1. The van der Waals surface area contributed by atoms with E-state index in [2.05, 4.69) is 17.2 Å². The van der Waals surface area contributed by atoms with Crippen molar-refractivity contribution in [3.05, 3.63) is 0 Å². The van der Waals surface area contributed by atoms with E-state index in [1.54, 1.807) is 4.90 Å². The van der Waals surface area contributed by atoms with Crippen LogP contribution in [0.4, 0.5) is 0 Å². The van der Waals surface area contributed by atoms with Crippen LogP contribution in [0.1, 0.15) is 39.0 Å². The van der Waals surface area contributed by atoms with Gasteiger partial charge in [-0.05, 0) is 38.0 Å². The fraction of sp³-hybridized carbons (Fsp3) is 0.857. The standard InChI is InChI=1S/C14H23N3OS/c1-10-3-6-14(7-4-10)9-19-13(16-14)15-11-5-8-17(2)12(11)18/h10-11H,3-9H2,1-2H3,(H,15,16). The number of rotatable bonds is 1. The highest BCUT2D eigenvalue weighted by Gasteiger charge is 2.40. The molecule has 2 heterocycles. The highest BCUT2D eigenvalue weighted by Crippen LogP contribution is 2.38. The second-order valence-corrected chi connectivity index (χ2v) is 7.34. The van der Waals surface area contributed by atoms with Crippen LogP contribution in [0.3, 0.4) is 0 Å². The number of hydrogen-bond acceptors (Lipinski definition) is 3. The van der Waals surface area contributed by atoms with Gasteiger partial charge in [-0.15, -0.1) is 0 Å². The van der Waals surface area contributed by atoms with Crippen LogP contribution in [0.15, 0.2) is 4.99 Å². The Balaban J connectivity index is 1.64. The summed E-state index contributed by atoms with van der Waals surface area (Å²) in [6.45, 7) is 3.19. The highest BCUT2D eigenvalue weighted by molar-refractivity contribution is 8.14. The lowest BCUT2D eigenvalue weighted by atomic mass is 9.78. The summed E-state index contributed by atoms with van der Waals surface area (Å²) in [7, 11) is 1.86. The smallest absolute Gasteiger partial charge is 0.247 e. The first-order valence-electron chi connectivity index (χ1n) is 7.32. The van der Waals surface area contributed by atoms with Crippen LogP contribution < -0.4 is 5.32 Å². The number of amides is 1. The molecule has 1 amide bonds. The van der Waals surface area contributed by atoms with Gasteiger partial charge in [0, 0.05) is 24.9 Å². The zero-order valence-corrected chi connectivity index (χ0v) is 12.6. The van der Waals surface area contributed by atoms with Crippen LogP contribution in [-0.4, -0.2) is 46.9 Å². The van der Waals surface area contributed by atoms with Gasteiger partial charge in [0.05, 0.1) is 0 Å². The quantitative estimate of drug-likeness (QED) is 0.798. The summed E-state index contributed by atoms with van der Waals surface area (Å²) in [5.74, 6) is 2.16. The van der Waals surface area contributed by atoms with Gasteiger partial charge >= 0.3 is 0 Å². The third kappa shape index (κ3) is 2.62. The number of amidine groups is 1. The van der Waals surface area contributed by atoms with Crippen molar-refractivity contribution < 1.29 is 4.79 Å². The largest absolute Gasteiger partial charge is 0.359 e. The molecule has 2 saturated heterocycles. The number of likely N-dealkylation sites (N-methyl/N-ethyl adjacent to an activating group) is 1. The monoisotopic (exact) mass is 281 g/mol. The molecular formula is C14H23N3OS. The lowest BCUT2D eigenvalue weighted by molar-refractivity contribution is -0.127. The fourth-order valence-corrected chi connectivity index (χ4v) is 4.49. The molecule has 19 heavy (non-hydrogen) atoms. The summed E-state index contributed by atoms with van der Waals surface area (Å²) in [5.41, 5.74) is 0.267. The minimum atomic E-state index is -0.141. The van der Waals surface area contributed by atoms with E-state index in [9.17, 15) is 4.79 Å². The van der Waals surface area contributed by atoms with E-state index in [4.69, 9.17) is 0 Å². The van der Waals surface area contributed by atoms with Crippen LogP contribution in [0.5, 0.6) is 0 Å². The van der Waals surface area contributed by atoms with Crippen LogP contribution in [0.25, 0.3) is 0 Å². The van der Waals surface area contributed by atoms with Gasteiger partial charge in [0.15, 0.2) is 5.17 Å². The van der Waals surface area contributed by atoms with E-state index >= 15 is 0 Å². The van der Waals surface area contributed by atoms with Crippen molar-refractivity contribution >= 4 is 22.8 Å². The topological polar surface area (TPSA) is 44.7 Å². The van der Waals surface area contributed by atoms with Gasteiger partial charge in [-0.25, -0.2) is 4.99 Å². The summed E-state index contributed by atoms with van der Waals surface area (Å²) in [5, 5.41) is 4.63. The minimum Gasteiger partial charge on any atom is -0.359 e. The number of likely N-dealkylation sites (tertiary alicyclic amines) is 1. The molecule has 3 fully saturated rings. The van der Waals surface area contributed by atoms with Gasteiger partial charge in [-0.2, -0.15) is 0 Å². The first-order valence-corrected chi connectivity index (χ1v) is 8.30. The molecular weight excluding hydrogens is 258 g/mol. The highest BCUT2D eigenvalue weighted by atomic mass is 32.2. The molecule has 1 spiro atoms. The number of nitrogens with one attached hydrogen (secondary N) is 1. The number of hydrogen-bond donors (Lipinski definition) is 1. The van der Waals surface area contributed by atoms with Crippen molar-refractivity contribution in [1.29, 1.82) is 0 Å². The summed E-state index contributed by atoms with van der Waals surface area (Å²) < 4.78 is 0. The molecule has 0 aromatic carbocycles. The predicted octanol–water partition coefficient (Wildman–Crippen LogP) is 1.86. The lowest BCUT2D eigenvalue weighted by Crippen LogP contribution is -2.46. The SMILES string of the molecule is CC1CCC2(CC1)CSC(=NC1CCN(C)C1=O)N2. The molecule has 4 nitrogen and oxygen atoms in total. The molecule has 1 atom stereocenters. The molecule has 5 heteroatoms. The number of carbonyl (C=O) groups excluding carboxylic acids is 1. The fourth-order valence-electron chi connectivity index (χ4n) is 3.22. The second-order valence-electron chi connectivity index (χ2n) is 6.38. The van der Waals surface area contributed by atoms with Gasteiger partial charge in [-0.3, -0.25) is 4.79 Å². The lowest BCUT2D eigenvalue weighted by Gasteiger charge is -2.35. The maximum Gasteiger partial charge on any atom is 0.247 e. The number of thioether (sulfide) groups is 1. The first kappa shape index (κ1) is 13.3. The van der Waals surface area contributed by atoms with E-state index < -0.39 is 0 Å². The van der Waals surface area contributed by atoms with Crippen LogP contribution in [-0.2, 0) is 4.79 Å². The normalized spacial score (nSPS) is 41.3. The van der Waals surface area contributed by atoms with E-state index in [0.29, 0.717) is 0 Å². The van der Waals surface area contributed by atoms with Crippen molar-refractivity contribution in [2.24, 2.45) is 10.9 Å². The van der Waals surface area contributed by atoms with Gasteiger partial charge in [0.1, 0.15) is 6.04 Å². The Morgan fingerprint density at radius 1 is 1.37 bits per heavy atom. The van der Waals surface area contributed by atoms with E-state index in [1.165, 1.54) is 25.7 Å². The van der Waals surface area contributed by atoms with Gasteiger partial charge in [-0.1, -0.05) is 18.7 Å². The molecule has 2 aliphatic heterocycles. The third-order valence-corrected chi connectivity index (χ3v) is 5.94. The zero-order chi connectivity index (χ0) is 13.5. The average molecular weight is 281 g/mol. The van der Waals surface area contributed by atoms with Crippen LogP contribution in [0, 0.1) is 5.92 Å². The van der Waals surface area contributed by atoms with Crippen molar-refractivity contribution in [1.82, 2.24) is 10.2 Å². The van der Waals surface area contributed by atoms with Gasteiger partial charge in [0.2, 0.25) is 5.91 Å². The van der Waals surface area contributed by atoms with Crippen LogP contribution >= 0.6 is 11.8 Å². The summed E-state index contributed by atoms with van der Waals surface area (Å²) in [6, 6.07) is -0.141. The Morgan fingerprint density at radius 3 is 2.74 bits per heavy atom. The Morgan fingerprint density at radius 2 is 2.11 bits per heavy atom. The molecule has 0 aromatic heterocycles. The molecule has 106 valence electrons. The first-order chi connectivity index (χ1) is 9.08. The second kappa shape index (κ2) is 5.00. The molecule has 1 unspecified atom stereocenters. The third-order valence-electron chi connectivity index (χ3n) is 4.76. The molecule has 1 N–H and O–H groups in total. The van der Waals surface area contributed by atoms with Gasteiger partial charge in [0.25, 0.3) is 0 Å². The molecule has 0 radical (unpaired) electrons. The maximum atomic E-state index is 11.9. The molecule has 0 aromatic rings. The molecule has 0 bridgehead atoms. The summed E-state index contributed by atoms with van der Waals surface area (Å²) in [4.78, 5) is 18.3. The Bertz CT molecular complexity index is 401. The molecule has 1 saturated carbocycles. The summed E-state index contributed by atoms with van der Waals surface area (Å²) >= 11 is 1.81. The average Bonchev–Trinajstić information content (AvgIpc) is 2.93. The van der Waals surface area contributed by atoms with E-state index in [1.807, 2.05) is 18.8 Å². The summed E-state index contributed by atoms with van der Waals surface area (Å²) in [6.07, 6.45) is 5.99. The van der Waals surface area contributed by atoms with Crippen molar-refractivity contribution in [3.8, 4) is 0 Å². The Kier molecular flexibility index (Phi) is 3.50. The maximum absolute atomic E-state index is 11.9. The van der Waals surface area contributed by atoms with Crippen molar-refractivity contribution in [3.63, 3.8) is 0 Å². The van der Waals surface area contributed by atoms with Crippen molar-refractivity contribution in [2.45, 2.75) is 50.6 Å². The molecule has 3 rings (SSSR count). The van der Waals surface area contributed by atoms with E-state index in [-0.39, 0.29) is 17.5 Å². The number of nitrogens with zero attached hydrogens (tertiary/aromatic N) is 2. The Hall–Kier alpha value is -0.710. The van der Waals surface area contributed by atoms with Crippen LogP contribution in [0.2, 0.25) is 0 Å². The molecule has 3 aliphatic rings. The van der Waals surface area contributed by atoms with Crippen molar-refractivity contribution in [2.75, 3.05) is 19.3 Å². The predicted molar refractivity (Wildman–Crippen MR) is 79.4 cm³/mol. The molecule has 1 aliphatic carbocycles. The number of aliphatic imine (C=N–C) groups is 1. The van der Waals surface area contributed by atoms with E-state index in [0.717, 1.165) is 29.8 Å². The zero-order valence-electron chi connectivity index (χ0n) is 11.8. The minimum absolute atomic E-state index is 0.141.